The van der Waals surface area contributed by atoms with Gasteiger partial charge < -0.3 is 10.8 Å². The van der Waals surface area contributed by atoms with Gasteiger partial charge in [0.15, 0.2) is 0 Å². The smallest absolute Gasteiger partial charge is 0.303 e. The van der Waals surface area contributed by atoms with Crippen LogP contribution in [0, 0.1) is 0 Å². The molecule has 0 aliphatic heterocycles. The summed E-state index contributed by atoms with van der Waals surface area (Å²) in [4.78, 5) is 20.5. The van der Waals surface area contributed by atoms with Gasteiger partial charge in [0.05, 0.1) is 0 Å². The third-order valence-electron chi connectivity index (χ3n) is 2.06. The number of rotatable bonds is 9. The van der Waals surface area contributed by atoms with Crippen molar-refractivity contribution in [1.82, 2.24) is 0 Å². The lowest BCUT2D eigenvalue weighted by molar-refractivity contribution is -0.137. The predicted octanol–water partition coefficient (Wildman–Crippen LogP) is 2.48. The van der Waals surface area contributed by atoms with Crippen molar-refractivity contribution in [3.05, 3.63) is 13.2 Å². The first-order valence-electron chi connectivity index (χ1n) is 5.63. The van der Waals surface area contributed by atoms with Crippen LogP contribution in [0.15, 0.2) is 13.2 Å². The van der Waals surface area contributed by atoms with Gasteiger partial charge in [0, 0.05) is 12.8 Å². The van der Waals surface area contributed by atoms with E-state index in [4.69, 9.17) is 10.8 Å². The number of nitrogens with two attached hydrogens (primary N) is 1. The van der Waals surface area contributed by atoms with E-state index in [1.807, 2.05) is 0 Å². The molecule has 0 bridgehead atoms. The highest BCUT2D eigenvalue weighted by Crippen LogP contribution is 2.08. The highest BCUT2D eigenvalue weighted by atomic mass is 16.4. The molecule has 0 aromatic rings. The van der Waals surface area contributed by atoms with Crippen LogP contribution < -0.4 is 5.73 Å². The molecule has 1 amide bonds. The van der Waals surface area contributed by atoms with Crippen LogP contribution in [0.25, 0.3) is 0 Å². The zero-order chi connectivity index (χ0) is 12.8. The molecule has 0 unspecified atom stereocenters. The maximum Gasteiger partial charge on any atom is 0.303 e. The quantitative estimate of drug-likeness (QED) is 0.471. The molecule has 0 aromatic carbocycles. The monoisotopic (exact) mass is 229 g/mol. The molecule has 94 valence electrons. The van der Waals surface area contributed by atoms with Crippen molar-refractivity contribution >= 4 is 11.9 Å². The minimum atomic E-state index is -0.723. The number of carboxylic acid groups (broad SMARTS) is 1. The molecular weight excluding hydrogens is 206 g/mol. The molecule has 0 spiro atoms. The lowest BCUT2D eigenvalue weighted by atomic mass is 10.1. The SMILES string of the molecule is C=C.NC(=O)CCCCCCCCC(=O)O. The molecule has 0 atom stereocenters. The second-order valence-electron chi connectivity index (χ2n) is 3.48. The van der Waals surface area contributed by atoms with E-state index in [0.717, 1.165) is 38.5 Å². The topological polar surface area (TPSA) is 80.4 Å². The second-order valence-corrected chi connectivity index (χ2v) is 3.48. The molecule has 4 heteroatoms. The first-order chi connectivity index (χ1) is 7.63. The average molecular weight is 229 g/mol. The molecule has 3 N–H and O–H groups in total. The normalized spacial score (nSPS) is 9.00. The number of hydrogen-bond donors (Lipinski definition) is 2. The molecule has 0 saturated heterocycles. The molecular formula is C12H23NO3. The maximum atomic E-state index is 10.4. The average Bonchev–Trinajstić information content (AvgIpc) is 2.24. The fraction of sp³-hybridized carbons (Fsp3) is 0.667. The van der Waals surface area contributed by atoms with Crippen molar-refractivity contribution in [2.75, 3.05) is 0 Å². The van der Waals surface area contributed by atoms with Crippen LogP contribution in [-0.2, 0) is 9.59 Å². The summed E-state index contributed by atoms with van der Waals surface area (Å²) in [5.74, 6) is -0.963. The number of amides is 1. The Morgan fingerprint density at radius 1 is 0.875 bits per heavy atom. The maximum absolute atomic E-state index is 10.4. The van der Waals surface area contributed by atoms with Crippen molar-refractivity contribution in [2.24, 2.45) is 5.73 Å². The van der Waals surface area contributed by atoms with Gasteiger partial charge >= 0.3 is 5.97 Å². The van der Waals surface area contributed by atoms with Gasteiger partial charge in [-0.05, 0) is 12.8 Å². The summed E-state index contributed by atoms with van der Waals surface area (Å²) in [5, 5.41) is 8.36. The number of carbonyl (C=O) groups is 2. The van der Waals surface area contributed by atoms with E-state index in [2.05, 4.69) is 13.2 Å². The summed E-state index contributed by atoms with van der Waals surface area (Å²) < 4.78 is 0. The molecule has 4 nitrogen and oxygen atoms in total. The molecule has 0 aromatic heterocycles. The lowest BCUT2D eigenvalue weighted by Crippen LogP contribution is -2.09. The van der Waals surface area contributed by atoms with Crippen molar-refractivity contribution in [2.45, 2.75) is 51.4 Å². The highest BCUT2D eigenvalue weighted by molar-refractivity contribution is 5.73. The fourth-order valence-corrected chi connectivity index (χ4v) is 1.28. The van der Waals surface area contributed by atoms with E-state index >= 15 is 0 Å². The predicted molar refractivity (Wildman–Crippen MR) is 65.0 cm³/mol. The standard InChI is InChI=1S/C10H19NO3.C2H4/c11-9(12)7-5-3-1-2-4-6-8-10(13)14;1-2/h1-8H2,(H2,11,12)(H,13,14);1-2H2. The van der Waals surface area contributed by atoms with Gasteiger partial charge in [-0.1, -0.05) is 25.7 Å². The number of carboxylic acids is 1. The number of primary amides is 1. The molecule has 16 heavy (non-hydrogen) atoms. The van der Waals surface area contributed by atoms with E-state index in [1.54, 1.807) is 0 Å². The van der Waals surface area contributed by atoms with Crippen LogP contribution in [0.1, 0.15) is 51.4 Å². The van der Waals surface area contributed by atoms with E-state index in [1.165, 1.54) is 0 Å². The third kappa shape index (κ3) is 18.5. The lowest BCUT2D eigenvalue weighted by Gasteiger charge is -1.99. The number of unbranched alkanes of at least 4 members (excludes halogenated alkanes) is 5. The van der Waals surface area contributed by atoms with E-state index < -0.39 is 5.97 Å². The Morgan fingerprint density at radius 3 is 1.62 bits per heavy atom. The van der Waals surface area contributed by atoms with Gasteiger partial charge in [0.1, 0.15) is 0 Å². The number of hydrogen-bond acceptors (Lipinski definition) is 2. The molecule has 0 heterocycles. The van der Waals surface area contributed by atoms with E-state index in [9.17, 15) is 9.59 Å². The summed E-state index contributed by atoms with van der Waals surface area (Å²) in [6, 6.07) is 0. The Bertz CT molecular complexity index is 173. The molecule has 0 saturated carbocycles. The second kappa shape index (κ2) is 13.7. The first kappa shape index (κ1) is 17.1. The Hall–Kier alpha value is -1.32. The minimum absolute atomic E-state index is 0.240. The number of carbonyl (C=O) groups excluding carboxylic acids is 1. The summed E-state index contributed by atoms with van der Waals surface area (Å²) in [7, 11) is 0. The van der Waals surface area contributed by atoms with Crippen LogP contribution in [0.4, 0.5) is 0 Å². The molecule has 0 fully saturated rings. The van der Waals surface area contributed by atoms with Gasteiger partial charge in [0.25, 0.3) is 0 Å². The van der Waals surface area contributed by atoms with Crippen LogP contribution in [0.2, 0.25) is 0 Å². The van der Waals surface area contributed by atoms with Gasteiger partial charge in [0.2, 0.25) is 5.91 Å². The summed E-state index contributed by atoms with van der Waals surface area (Å²) in [6.07, 6.45) is 6.42. The summed E-state index contributed by atoms with van der Waals surface area (Å²) in [5.41, 5.74) is 4.98. The molecule has 0 aliphatic carbocycles. The van der Waals surface area contributed by atoms with Crippen molar-refractivity contribution in [1.29, 1.82) is 0 Å². The minimum Gasteiger partial charge on any atom is -0.481 e. The molecule has 0 aliphatic rings. The summed E-state index contributed by atoms with van der Waals surface area (Å²) in [6.45, 7) is 6.00. The van der Waals surface area contributed by atoms with Crippen LogP contribution in [0.3, 0.4) is 0 Å². The van der Waals surface area contributed by atoms with E-state index in [-0.39, 0.29) is 12.3 Å². The van der Waals surface area contributed by atoms with Crippen molar-refractivity contribution in [3.8, 4) is 0 Å². The van der Waals surface area contributed by atoms with Crippen molar-refractivity contribution in [3.63, 3.8) is 0 Å². The van der Waals surface area contributed by atoms with Crippen LogP contribution >= 0.6 is 0 Å². The summed E-state index contributed by atoms with van der Waals surface area (Å²) >= 11 is 0. The van der Waals surface area contributed by atoms with Gasteiger partial charge in [-0.3, -0.25) is 9.59 Å². The van der Waals surface area contributed by atoms with Crippen molar-refractivity contribution < 1.29 is 14.7 Å². The Kier molecular flexibility index (Phi) is 14.6. The van der Waals surface area contributed by atoms with Gasteiger partial charge in [-0.2, -0.15) is 0 Å². The third-order valence-corrected chi connectivity index (χ3v) is 2.06. The first-order valence-corrected chi connectivity index (χ1v) is 5.63. The van der Waals surface area contributed by atoms with Crippen LogP contribution in [0.5, 0.6) is 0 Å². The Labute approximate surface area is 97.5 Å². The molecule has 0 radical (unpaired) electrons. The fourth-order valence-electron chi connectivity index (χ4n) is 1.28. The highest BCUT2D eigenvalue weighted by Gasteiger charge is 1.97. The van der Waals surface area contributed by atoms with Crippen LogP contribution in [-0.4, -0.2) is 17.0 Å². The number of aliphatic carboxylic acids is 1. The Balaban J connectivity index is 0. The Morgan fingerprint density at radius 2 is 1.25 bits per heavy atom. The zero-order valence-electron chi connectivity index (χ0n) is 9.91. The van der Waals surface area contributed by atoms with Gasteiger partial charge in [-0.15, -0.1) is 13.2 Å². The largest absolute Gasteiger partial charge is 0.481 e. The van der Waals surface area contributed by atoms with Gasteiger partial charge in [-0.25, -0.2) is 0 Å². The van der Waals surface area contributed by atoms with E-state index in [0.29, 0.717) is 6.42 Å². The molecule has 0 rings (SSSR count). The zero-order valence-corrected chi connectivity index (χ0v) is 9.91.